The highest BCUT2D eigenvalue weighted by Crippen LogP contribution is 2.22. The second-order valence-corrected chi connectivity index (χ2v) is 3.79. The maximum absolute atomic E-state index is 11.3. The third kappa shape index (κ3) is 2.47. The zero-order valence-electron chi connectivity index (χ0n) is 9.37. The predicted octanol–water partition coefficient (Wildman–Crippen LogP) is 2.00. The van der Waals surface area contributed by atoms with Crippen LogP contribution in [0.3, 0.4) is 0 Å². The molecule has 0 bridgehead atoms. The molecule has 0 fully saturated rings. The number of carboxylic acid groups (broad SMARTS) is 1. The van der Waals surface area contributed by atoms with Crippen molar-refractivity contribution in [3.8, 4) is 0 Å². The summed E-state index contributed by atoms with van der Waals surface area (Å²) >= 11 is 0. The lowest BCUT2D eigenvalue weighted by atomic mass is 9.97. The number of aliphatic carboxylic acids is 1. The highest BCUT2D eigenvalue weighted by atomic mass is 16.4. The first-order valence-corrected chi connectivity index (χ1v) is 5.25. The number of carbonyl (C=O) groups is 1. The molecule has 1 aromatic carbocycles. The summed E-state index contributed by atoms with van der Waals surface area (Å²) in [4.78, 5) is 19.4. The average Bonchev–Trinajstić information content (AvgIpc) is 2.30. The van der Waals surface area contributed by atoms with Gasteiger partial charge in [0.1, 0.15) is 11.7 Å². The summed E-state index contributed by atoms with van der Waals surface area (Å²) in [6.45, 7) is 1.92. The minimum Gasteiger partial charge on any atom is -0.480 e. The molecule has 86 valence electrons. The molecule has 2 aromatic rings. The molecule has 4 nitrogen and oxygen atoms in total. The van der Waals surface area contributed by atoms with E-state index >= 15 is 0 Å². The van der Waals surface area contributed by atoms with Crippen molar-refractivity contribution in [2.75, 3.05) is 0 Å². The molecular weight excluding hydrogens is 216 g/mol. The van der Waals surface area contributed by atoms with Crippen molar-refractivity contribution in [3.63, 3.8) is 0 Å². The van der Waals surface area contributed by atoms with Gasteiger partial charge < -0.3 is 5.11 Å². The summed E-state index contributed by atoms with van der Waals surface area (Å²) in [5.41, 5.74) is 1.72. The summed E-state index contributed by atoms with van der Waals surface area (Å²) in [5, 5.41) is 9.29. The van der Waals surface area contributed by atoms with Gasteiger partial charge in [-0.1, -0.05) is 29.8 Å². The molecule has 0 saturated carbocycles. The van der Waals surface area contributed by atoms with Crippen molar-refractivity contribution in [1.82, 2.24) is 9.97 Å². The molecule has 0 radical (unpaired) electrons. The van der Waals surface area contributed by atoms with Gasteiger partial charge in [0.05, 0.1) is 0 Å². The lowest BCUT2D eigenvalue weighted by Crippen LogP contribution is -2.16. The lowest BCUT2D eigenvalue weighted by molar-refractivity contribution is -0.137. The van der Waals surface area contributed by atoms with Crippen LogP contribution in [0.4, 0.5) is 0 Å². The molecule has 17 heavy (non-hydrogen) atoms. The smallest absolute Gasteiger partial charge is 0.318 e. The third-order valence-corrected chi connectivity index (χ3v) is 2.47. The van der Waals surface area contributed by atoms with Gasteiger partial charge in [0, 0.05) is 12.4 Å². The molecule has 1 atom stereocenters. The van der Waals surface area contributed by atoms with Gasteiger partial charge >= 0.3 is 5.97 Å². The van der Waals surface area contributed by atoms with Gasteiger partial charge in [-0.3, -0.25) is 4.79 Å². The van der Waals surface area contributed by atoms with Gasteiger partial charge in [-0.05, 0) is 18.6 Å². The van der Waals surface area contributed by atoms with Gasteiger partial charge in [-0.2, -0.15) is 0 Å². The minimum atomic E-state index is -0.943. The monoisotopic (exact) mass is 228 g/mol. The number of carboxylic acids is 1. The Morgan fingerprint density at radius 1 is 1.24 bits per heavy atom. The number of hydrogen-bond donors (Lipinski definition) is 1. The van der Waals surface area contributed by atoms with E-state index in [1.54, 1.807) is 24.5 Å². The Morgan fingerprint density at radius 3 is 2.53 bits per heavy atom. The standard InChI is InChI=1S/C13H12N2O2/c1-9-4-2-5-10(8-9)11(13(16)17)12-14-6-3-7-15-12/h2-8,11H,1H3,(H,16,17). The molecule has 0 aliphatic carbocycles. The fraction of sp³-hybridized carbons (Fsp3) is 0.154. The van der Waals surface area contributed by atoms with Gasteiger partial charge in [0.2, 0.25) is 0 Å². The molecule has 0 amide bonds. The molecule has 0 aliphatic heterocycles. The summed E-state index contributed by atoms with van der Waals surface area (Å²) < 4.78 is 0. The van der Waals surface area contributed by atoms with Gasteiger partial charge in [0.25, 0.3) is 0 Å². The van der Waals surface area contributed by atoms with Crippen LogP contribution in [-0.4, -0.2) is 21.0 Å². The van der Waals surface area contributed by atoms with Crippen LogP contribution in [-0.2, 0) is 4.79 Å². The molecule has 0 saturated heterocycles. The van der Waals surface area contributed by atoms with Crippen LogP contribution < -0.4 is 0 Å². The molecule has 0 aliphatic rings. The van der Waals surface area contributed by atoms with Crippen molar-refractivity contribution in [1.29, 1.82) is 0 Å². The molecule has 1 aromatic heterocycles. The lowest BCUT2D eigenvalue weighted by Gasteiger charge is -2.11. The molecular formula is C13H12N2O2. The zero-order valence-corrected chi connectivity index (χ0v) is 9.37. The SMILES string of the molecule is Cc1cccc(C(C(=O)O)c2ncccn2)c1. The minimum absolute atomic E-state index is 0.311. The van der Waals surface area contributed by atoms with Crippen LogP contribution >= 0.6 is 0 Å². The largest absolute Gasteiger partial charge is 0.480 e. The van der Waals surface area contributed by atoms with Gasteiger partial charge in [-0.15, -0.1) is 0 Å². The molecule has 1 heterocycles. The first-order valence-electron chi connectivity index (χ1n) is 5.25. The number of aromatic nitrogens is 2. The van der Waals surface area contributed by atoms with Crippen molar-refractivity contribution in [2.24, 2.45) is 0 Å². The van der Waals surface area contributed by atoms with E-state index in [-0.39, 0.29) is 0 Å². The van der Waals surface area contributed by atoms with E-state index < -0.39 is 11.9 Å². The Morgan fingerprint density at radius 2 is 1.94 bits per heavy atom. The quantitative estimate of drug-likeness (QED) is 0.872. The molecule has 2 rings (SSSR count). The van der Waals surface area contributed by atoms with E-state index in [2.05, 4.69) is 9.97 Å². The summed E-state index contributed by atoms with van der Waals surface area (Å²) in [6.07, 6.45) is 3.10. The van der Waals surface area contributed by atoms with E-state index in [0.29, 0.717) is 11.4 Å². The van der Waals surface area contributed by atoms with Crippen LogP contribution in [0.25, 0.3) is 0 Å². The van der Waals surface area contributed by atoms with Crippen LogP contribution in [0.2, 0.25) is 0 Å². The second-order valence-electron chi connectivity index (χ2n) is 3.79. The van der Waals surface area contributed by atoms with Crippen molar-refractivity contribution in [2.45, 2.75) is 12.8 Å². The highest BCUT2D eigenvalue weighted by molar-refractivity contribution is 5.79. The first-order chi connectivity index (χ1) is 8.18. The van der Waals surface area contributed by atoms with Crippen LogP contribution in [0.15, 0.2) is 42.7 Å². The number of rotatable bonds is 3. The fourth-order valence-corrected chi connectivity index (χ4v) is 1.71. The van der Waals surface area contributed by atoms with Crippen LogP contribution in [0.1, 0.15) is 22.9 Å². The molecule has 1 unspecified atom stereocenters. The second kappa shape index (κ2) is 4.74. The zero-order chi connectivity index (χ0) is 12.3. The average molecular weight is 228 g/mol. The molecule has 0 spiro atoms. The summed E-state index contributed by atoms with van der Waals surface area (Å²) in [6, 6.07) is 9.05. The van der Waals surface area contributed by atoms with Crippen molar-refractivity contribution >= 4 is 5.97 Å². The Kier molecular flexibility index (Phi) is 3.14. The van der Waals surface area contributed by atoms with Crippen molar-refractivity contribution < 1.29 is 9.90 Å². The number of benzene rings is 1. The Balaban J connectivity index is 2.47. The first kappa shape index (κ1) is 11.3. The van der Waals surface area contributed by atoms with Gasteiger partial charge in [0.15, 0.2) is 0 Å². The van der Waals surface area contributed by atoms with Crippen LogP contribution in [0, 0.1) is 6.92 Å². The summed E-state index contributed by atoms with van der Waals surface area (Å²) in [7, 11) is 0. The Hall–Kier alpha value is -2.23. The molecule has 1 N–H and O–H groups in total. The maximum atomic E-state index is 11.3. The Bertz CT molecular complexity index is 526. The Labute approximate surface area is 99.0 Å². The van der Waals surface area contributed by atoms with Crippen molar-refractivity contribution in [3.05, 3.63) is 59.7 Å². The number of hydrogen-bond acceptors (Lipinski definition) is 3. The van der Waals surface area contributed by atoms with Crippen LogP contribution in [0.5, 0.6) is 0 Å². The number of nitrogens with zero attached hydrogens (tertiary/aromatic N) is 2. The topological polar surface area (TPSA) is 63.1 Å². The fourth-order valence-electron chi connectivity index (χ4n) is 1.71. The van der Waals surface area contributed by atoms with E-state index in [9.17, 15) is 9.90 Å². The van der Waals surface area contributed by atoms with E-state index in [1.165, 1.54) is 0 Å². The third-order valence-electron chi connectivity index (χ3n) is 2.47. The predicted molar refractivity (Wildman–Crippen MR) is 62.7 cm³/mol. The van der Waals surface area contributed by atoms with E-state index in [1.807, 2.05) is 25.1 Å². The van der Waals surface area contributed by atoms with E-state index in [0.717, 1.165) is 5.56 Å². The maximum Gasteiger partial charge on any atom is 0.318 e. The summed E-state index contributed by atoms with van der Waals surface area (Å²) in [5.74, 6) is -1.44. The van der Waals surface area contributed by atoms with E-state index in [4.69, 9.17) is 0 Å². The highest BCUT2D eigenvalue weighted by Gasteiger charge is 2.24. The molecule has 4 heteroatoms. The van der Waals surface area contributed by atoms with Gasteiger partial charge in [-0.25, -0.2) is 9.97 Å². The number of aryl methyl sites for hydroxylation is 1. The normalized spacial score (nSPS) is 12.1.